The van der Waals surface area contributed by atoms with Gasteiger partial charge in [0, 0.05) is 6.54 Å². The van der Waals surface area contributed by atoms with E-state index in [9.17, 15) is 15.3 Å². The quantitative estimate of drug-likeness (QED) is 0.359. The maximum Gasteiger partial charge on any atom is 0.207 e. The number of nitrogens with two attached hydrogens (primary N) is 1. The summed E-state index contributed by atoms with van der Waals surface area (Å²) >= 11 is 0. The molecule has 3 heterocycles. The average molecular weight is 421 g/mol. The van der Waals surface area contributed by atoms with Gasteiger partial charge in [-0.25, -0.2) is 15.0 Å². The molecule has 10 heteroatoms. The molecule has 0 spiro atoms. The van der Waals surface area contributed by atoms with Crippen molar-refractivity contribution in [3.63, 3.8) is 0 Å². The molecule has 0 saturated carbocycles. The number of nitrogen functional groups attached to an aromatic ring is 1. The van der Waals surface area contributed by atoms with Gasteiger partial charge >= 0.3 is 0 Å². The number of nitrogens with one attached hydrogen (secondary N) is 1. The summed E-state index contributed by atoms with van der Waals surface area (Å²) in [5.41, 5.74) is 6.94. The number of rotatable bonds is 10. The Bertz CT molecular complexity index is 871. The molecule has 2 aromatic rings. The molecule has 4 unspecified atom stereocenters. The molecule has 0 aliphatic carbocycles. The topological polar surface area (TPSA) is 152 Å². The smallest absolute Gasteiger partial charge is 0.207 e. The van der Waals surface area contributed by atoms with Gasteiger partial charge in [0.25, 0.3) is 0 Å². The van der Waals surface area contributed by atoms with Crippen molar-refractivity contribution in [2.45, 2.75) is 70.5 Å². The molecule has 1 saturated heterocycles. The summed E-state index contributed by atoms with van der Waals surface area (Å²) in [5, 5.41) is 33.5. The number of hydrogen-bond donors (Lipinski definition) is 5. The fourth-order valence-corrected chi connectivity index (χ4v) is 3.43. The van der Waals surface area contributed by atoms with Gasteiger partial charge in [0.1, 0.15) is 18.3 Å². The van der Waals surface area contributed by atoms with Gasteiger partial charge in [-0.15, -0.1) is 0 Å². The van der Waals surface area contributed by atoms with Crippen molar-refractivity contribution in [1.29, 1.82) is 0 Å². The first-order chi connectivity index (χ1) is 14.5. The SMILES string of the molecule is CCCC/C=C/c1nc(N)c2nc(NCCCC)n(C3OC(CO)C(O)C3O)c2n1. The average Bonchev–Trinajstić information content (AvgIpc) is 3.23. The number of imidazole rings is 1. The minimum absolute atomic E-state index is 0.221. The molecule has 0 radical (unpaired) electrons. The van der Waals surface area contributed by atoms with Gasteiger partial charge < -0.3 is 31.1 Å². The van der Waals surface area contributed by atoms with E-state index in [2.05, 4.69) is 34.1 Å². The number of allylic oxidation sites excluding steroid dienone is 1. The van der Waals surface area contributed by atoms with Crippen molar-refractivity contribution in [2.75, 3.05) is 24.2 Å². The highest BCUT2D eigenvalue weighted by molar-refractivity contribution is 5.85. The highest BCUT2D eigenvalue weighted by Crippen LogP contribution is 2.35. The van der Waals surface area contributed by atoms with E-state index in [0.29, 0.717) is 29.5 Å². The van der Waals surface area contributed by atoms with Crippen LogP contribution in [0.5, 0.6) is 0 Å². The largest absolute Gasteiger partial charge is 0.394 e. The second kappa shape index (κ2) is 10.2. The van der Waals surface area contributed by atoms with E-state index in [4.69, 9.17) is 10.5 Å². The van der Waals surface area contributed by atoms with Crippen LogP contribution in [0.25, 0.3) is 17.2 Å². The second-order valence-corrected chi connectivity index (χ2v) is 7.50. The Hall–Kier alpha value is -2.27. The van der Waals surface area contributed by atoms with E-state index in [1.165, 1.54) is 0 Å². The molecule has 0 aromatic carbocycles. The van der Waals surface area contributed by atoms with Gasteiger partial charge in [-0.1, -0.05) is 39.2 Å². The summed E-state index contributed by atoms with van der Waals surface area (Å²) < 4.78 is 7.33. The van der Waals surface area contributed by atoms with Crippen LogP contribution in [0.1, 0.15) is 58.0 Å². The number of aliphatic hydroxyl groups is 3. The first kappa shape index (κ1) is 22.4. The van der Waals surface area contributed by atoms with Crippen molar-refractivity contribution < 1.29 is 20.1 Å². The van der Waals surface area contributed by atoms with Crippen LogP contribution >= 0.6 is 0 Å². The van der Waals surface area contributed by atoms with Crippen molar-refractivity contribution in [3.05, 3.63) is 11.9 Å². The van der Waals surface area contributed by atoms with E-state index in [0.717, 1.165) is 32.1 Å². The molecule has 10 nitrogen and oxygen atoms in total. The minimum atomic E-state index is -1.26. The summed E-state index contributed by atoms with van der Waals surface area (Å²) in [4.78, 5) is 13.4. The first-order valence-corrected chi connectivity index (χ1v) is 10.6. The van der Waals surface area contributed by atoms with Crippen LogP contribution in [0, 0.1) is 0 Å². The number of ether oxygens (including phenoxy) is 1. The van der Waals surface area contributed by atoms with Crippen LogP contribution in [0.2, 0.25) is 0 Å². The van der Waals surface area contributed by atoms with Gasteiger partial charge in [-0.2, -0.15) is 0 Å². The fourth-order valence-electron chi connectivity index (χ4n) is 3.43. The van der Waals surface area contributed by atoms with Crippen LogP contribution in [-0.4, -0.2) is 66.3 Å². The van der Waals surface area contributed by atoms with Crippen LogP contribution in [0.4, 0.5) is 11.8 Å². The number of fused-ring (bicyclic) bond motifs is 1. The molecule has 1 aliphatic rings. The molecule has 166 valence electrons. The molecule has 1 fully saturated rings. The minimum Gasteiger partial charge on any atom is -0.394 e. The Morgan fingerprint density at radius 3 is 2.57 bits per heavy atom. The predicted molar refractivity (Wildman–Crippen MR) is 115 cm³/mol. The third-order valence-corrected chi connectivity index (χ3v) is 5.16. The Balaban J connectivity index is 2.05. The van der Waals surface area contributed by atoms with Crippen molar-refractivity contribution in [1.82, 2.24) is 19.5 Å². The standard InChI is InChI=1S/C20H32N6O4/c1-3-5-7-8-9-13-23-17(21)14-18(24-13)26(20(25-14)22-10-6-4-2)19-16(29)15(28)12(11-27)30-19/h8-9,12,15-16,19,27-29H,3-7,10-11H2,1-2H3,(H,22,25)(H2,21,23,24)/b9-8+. The molecular formula is C20H32N6O4. The van der Waals surface area contributed by atoms with Gasteiger partial charge in [-0.05, 0) is 18.9 Å². The maximum atomic E-state index is 10.6. The van der Waals surface area contributed by atoms with E-state index >= 15 is 0 Å². The molecule has 0 amide bonds. The second-order valence-electron chi connectivity index (χ2n) is 7.50. The van der Waals surface area contributed by atoms with E-state index in [-0.39, 0.29) is 5.82 Å². The molecule has 0 bridgehead atoms. The molecule has 30 heavy (non-hydrogen) atoms. The number of aliphatic hydroxyl groups excluding tert-OH is 3. The van der Waals surface area contributed by atoms with Crippen LogP contribution in [0.3, 0.4) is 0 Å². The lowest BCUT2D eigenvalue weighted by atomic mass is 10.1. The Morgan fingerprint density at radius 1 is 1.13 bits per heavy atom. The summed E-state index contributed by atoms with van der Waals surface area (Å²) in [6.45, 7) is 4.45. The van der Waals surface area contributed by atoms with Gasteiger partial charge in [-0.3, -0.25) is 4.57 Å². The van der Waals surface area contributed by atoms with Crippen LogP contribution in [-0.2, 0) is 4.74 Å². The van der Waals surface area contributed by atoms with Gasteiger partial charge in [0.05, 0.1) is 6.61 Å². The van der Waals surface area contributed by atoms with E-state index in [1.54, 1.807) is 4.57 Å². The Labute approximate surface area is 175 Å². The van der Waals surface area contributed by atoms with Crippen molar-refractivity contribution in [3.8, 4) is 0 Å². The normalized spacial score (nSPS) is 24.3. The third kappa shape index (κ3) is 4.56. The number of unbranched alkanes of at least 4 members (excludes halogenated alkanes) is 3. The molecule has 2 aromatic heterocycles. The summed E-state index contributed by atoms with van der Waals surface area (Å²) in [5.74, 6) is 1.07. The molecule has 1 aliphatic heterocycles. The number of nitrogens with zero attached hydrogens (tertiary/aromatic N) is 4. The lowest BCUT2D eigenvalue weighted by molar-refractivity contribution is -0.0501. The van der Waals surface area contributed by atoms with Crippen LogP contribution in [0.15, 0.2) is 6.08 Å². The predicted octanol–water partition coefficient (Wildman–Crippen LogP) is 1.44. The molecule has 4 atom stereocenters. The summed E-state index contributed by atoms with van der Waals surface area (Å²) in [6, 6.07) is 0. The van der Waals surface area contributed by atoms with Crippen molar-refractivity contribution in [2.24, 2.45) is 0 Å². The summed E-state index contributed by atoms with van der Waals surface area (Å²) in [6.07, 6.45) is 4.44. The lowest BCUT2D eigenvalue weighted by Crippen LogP contribution is -2.33. The fraction of sp³-hybridized carbons (Fsp3) is 0.650. The molecule has 3 rings (SSSR count). The van der Waals surface area contributed by atoms with Gasteiger partial charge in [0.2, 0.25) is 5.95 Å². The summed E-state index contributed by atoms with van der Waals surface area (Å²) in [7, 11) is 0. The number of hydrogen-bond acceptors (Lipinski definition) is 9. The Kier molecular flexibility index (Phi) is 7.59. The van der Waals surface area contributed by atoms with Crippen LogP contribution < -0.4 is 11.1 Å². The lowest BCUT2D eigenvalue weighted by Gasteiger charge is -2.19. The number of anilines is 2. The molecule has 6 N–H and O–H groups in total. The molecular weight excluding hydrogens is 388 g/mol. The van der Waals surface area contributed by atoms with E-state index in [1.807, 2.05) is 12.2 Å². The first-order valence-electron chi connectivity index (χ1n) is 10.6. The highest BCUT2D eigenvalue weighted by atomic mass is 16.6. The zero-order chi connectivity index (χ0) is 21.7. The zero-order valence-corrected chi connectivity index (χ0v) is 17.5. The van der Waals surface area contributed by atoms with Crippen molar-refractivity contribution >= 4 is 29.0 Å². The van der Waals surface area contributed by atoms with E-state index < -0.39 is 31.1 Å². The maximum absolute atomic E-state index is 10.6. The zero-order valence-electron chi connectivity index (χ0n) is 17.5. The van der Waals surface area contributed by atoms with Gasteiger partial charge in [0.15, 0.2) is 29.0 Å². The number of aromatic nitrogens is 4. The third-order valence-electron chi connectivity index (χ3n) is 5.16. The highest BCUT2D eigenvalue weighted by Gasteiger charge is 2.45. The Morgan fingerprint density at radius 2 is 1.90 bits per heavy atom. The monoisotopic (exact) mass is 420 g/mol.